The van der Waals surface area contributed by atoms with Gasteiger partial charge in [0, 0.05) is 19.3 Å². The number of hydrogen-bond acceptors (Lipinski definition) is 7. The van der Waals surface area contributed by atoms with E-state index >= 15 is 0 Å². The van der Waals surface area contributed by atoms with Crippen molar-refractivity contribution in [2.75, 3.05) is 11.9 Å². The highest BCUT2D eigenvalue weighted by Crippen LogP contribution is 2.19. The molecule has 3 heterocycles. The first-order valence-corrected chi connectivity index (χ1v) is 7.81. The summed E-state index contributed by atoms with van der Waals surface area (Å²) < 4.78 is 8.83. The molecule has 0 aliphatic heterocycles. The number of hydrogen-bond donors (Lipinski definition) is 1. The second kappa shape index (κ2) is 6.19. The van der Waals surface area contributed by atoms with Crippen LogP contribution in [0.15, 0.2) is 42.7 Å². The molecule has 1 aromatic carbocycles. The lowest BCUT2D eigenvalue weighted by molar-refractivity contribution is 0.340. The highest BCUT2D eigenvalue weighted by Gasteiger charge is 2.11. The molecule has 0 radical (unpaired) electrons. The van der Waals surface area contributed by atoms with Gasteiger partial charge in [-0.05, 0) is 31.2 Å². The molecule has 0 saturated heterocycles. The summed E-state index contributed by atoms with van der Waals surface area (Å²) in [4.78, 5) is 8.76. The van der Waals surface area contributed by atoms with Gasteiger partial charge in [0.1, 0.15) is 5.75 Å². The van der Waals surface area contributed by atoms with E-state index in [-0.39, 0.29) is 0 Å². The number of fused-ring (bicyclic) bond motifs is 1. The molecular formula is C16H16N8O. The predicted molar refractivity (Wildman–Crippen MR) is 92.1 cm³/mol. The first kappa shape index (κ1) is 15.1. The monoisotopic (exact) mass is 336 g/mol. The first-order valence-electron chi connectivity index (χ1n) is 7.81. The van der Waals surface area contributed by atoms with E-state index in [1.165, 1.54) is 0 Å². The summed E-state index contributed by atoms with van der Waals surface area (Å²) in [5.41, 5.74) is 2.06. The van der Waals surface area contributed by atoms with Crippen molar-refractivity contribution in [2.24, 2.45) is 7.05 Å². The quantitative estimate of drug-likeness (QED) is 0.596. The summed E-state index contributed by atoms with van der Waals surface area (Å²) in [5.74, 6) is 1.91. The summed E-state index contributed by atoms with van der Waals surface area (Å²) in [6.45, 7) is 2.58. The summed E-state index contributed by atoms with van der Waals surface area (Å²) in [6, 6.07) is 9.44. The van der Waals surface area contributed by atoms with Crippen molar-refractivity contribution >= 4 is 22.9 Å². The smallest absolute Gasteiger partial charge is 0.230 e. The highest BCUT2D eigenvalue weighted by molar-refractivity contribution is 5.72. The molecule has 1 N–H and O–H groups in total. The molecule has 0 fully saturated rings. The van der Waals surface area contributed by atoms with Gasteiger partial charge in [0.15, 0.2) is 17.0 Å². The van der Waals surface area contributed by atoms with Gasteiger partial charge in [0.25, 0.3) is 0 Å². The molecule has 126 valence electrons. The van der Waals surface area contributed by atoms with Gasteiger partial charge in [-0.2, -0.15) is 14.8 Å². The summed E-state index contributed by atoms with van der Waals surface area (Å²) >= 11 is 0. The highest BCUT2D eigenvalue weighted by atomic mass is 16.5. The largest absolute Gasteiger partial charge is 0.494 e. The molecular weight excluding hydrogens is 320 g/mol. The van der Waals surface area contributed by atoms with Crippen molar-refractivity contribution < 1.29 is 4.74 Å². The third-order valence-corrected chi connectivity index (χ3v) is 3.54. The van der Waals surface area contributed by atoms with Gasteiger partial charge in [-0.25, -0.2) is 4.98 Å². The topological polar surface area (TPSA) is 95.6 Å². The van der Waals surface area contributed by atoms with E-state index in [0.717, 1.165) is 11.4 Å². The number of ether oxygens (including phenoxy) is 1. The van der Waals surface area contributed by atoms with E-state index in [9.17, 15) is 0 Å². The Kier molecular flexibility index (Phi) is 3.73. The van der Waals surface area contributed by atoms with Gasteiger partial charge in [-0.15, -0.1) is 5.10 Å². The normalized spacial score (nSPS) is 11.0. The second-order valence-corrected chi connectivity index (χ2v) is 5.33. The SMILES string of the molecule is CCOc1ccc(-n2nnc3cnc(Nc4ccn(C)n4)nc32)cc1. The van der Waals surface area contributed by atoms with Crippen LogP contribution in [0, 0.1) is 0 Å². The Hall–Kier alpha value is -3.49. The van der Waals surface area contributed by atoms with Crippen molar-refractivity contribution in [3.8, 4) is 11.4 Å². The fourth-order valence-corrected chi connectivity index (χ4v) is 2.41. The molecule has 0 unspecified atom stereocenters. The molecule has 4 aromatic rings. The maximum atomic E-state index is 5.46. The van der Waals surface area contributed by atoms with Crippen molar-refractivity contribution in [1.29, 1.82) is 0 Å². The number of aryl methyl sites for hydroxylation is 1. The molecule has 9 heteroatoms. The van der Waals surface area contributed by atoms with Gasteiger partial charge in [0.2, 0.25) is 5.95 Å². The average Bonchev–Trinajstić information content (AvgIpc) is 3.22. The fraction of sp³-hybridized carbons (Fsp3) is 0.188. The van der Waals surface area contributed by atoms with Crippen molar-refractivity contribution in [2.45, 2.75) is 6.92 Å². The molecule has 4 rings (SSSR count). The molecule has 0 atom stereocenters. The van der Waals surface area contributed by atoms with Crippen LogP contribution in [0.2, 0.25) is 0 Å². The molecule has 0 aliphatic rings. The van der Waals surface area contributed by atoms with Crippen molar-refractivity contribution in [1.82, 2.24) is 34.7 Å². The molecule has 0 bridgehead atoms. The van der Waals surface area contributed by atoms with Crippen LogP contribution in [-0.4, -0.2) is 41.3 Å². The second-order valence-electron chi connectivity index (χ2n) is 5.33. The van der Waals surface area contributed by atoms with Gasteiger partial charge < -0.3 is 10.1 Å². The fourth-order valence-electron chi connectivity index (χ4n) is 2.41. The van der Waals surface area contributed by atoms with Crippen LogP contribution in [0.4, 0.5) is 11.8 Å². The number of nitrogens with one attached hydrogen (secondary N) is 1. The van der Waals surface area contributed by atoms with E-state index in [0.29, 0.717) is 29.5 Å². The number of nitrogens with zero attached hydrogens (tertiary/aromatic N) is 7. The standard InChI is InChI=1S/C16H16N8O/c1-3-25-12-6-4-11(5-7-12)24-15-13(20-22-24)10-17-16(19-15)18-14-8-9-23(2)21-14/h4-10H,3H2,1-2H3,(H,17,18,19,21). The molecule has 3 aromatic heterocycles. The maximum absolute atomic E-state index is 5.46. The van der Waals surface area contributed by atoms with E-state index in [2.05, 4.69) is 30.7 Å². The lowest BCUT2D eigenvalue weighted by atomic mass is 10.3. The number of aromatic nitrogens is 7. The van der Waals surface area contributed by atoms with E-state index in [1.807, 2.05) is 50.5 Å². The minimum absolute atomic E-state index is 0.431. The minimum Gasteiger partial charge on any atom is -0.494 e. The van der Waals surface area contributed by atoms with Crippen LogP contribution in [0.5, 0.6) is 5.75 Å². The van der Waals surface area contributed by atoms with Crippen LogP contribution >= 0.6 is 0 Å². The van der Waals surface area contributed by atoms with Crippen LogP contribution in [0.1, 0.15) is 6.92 Å². The Bertz CT molecular complexity index is 1000. The molecule has 0 saturated carbocycles. The Labute approximate surface area is 143 Å². The van der Waals surface area contributed by atoms with E-state index in [1.54, 1.807) is 15.6 Å². The van der Waals surface area contributed by atoms with Gasteiger partial charge in [-0.3, -0.25) is 4.68 Å². The van der Waals surface area contributed by atoms with E-state index < -0.39 is 0 Å². The molecule has 9 nitrogen and oxygen atoms in total. The number of rotatable bonds is 5. The first-order chi connectivity index (χ1) is 12.2. The third kappa shape index (κ3) is 2.99. The Morgan fingerprint density at radius 3 is 2.72 bits per heavy atom. The Morgan fingerprint density at radius 2 is 2.00 bits per heavy atom. The molecule has 0 amide bonds. The molecule has 0 aliphatic carbocycles. The average molecular weight is 336 g/mol. The van der Waals surface area contributed by atoms with Crippen LogP contribution in [-0.2, 0) is 7.05 Å². The van der Waals surface area contributed by atoms with Crippen LogP contribution in [0.3, 0.4) is 0 Å². The van der Waals surface area contributed by atoms with E-state index in [4.69, 9.17) is 4.74 Å². The maximum Gasteiger partial charge on any atom is 0.230 e. The van der Waals surface area contributed by atoms with Crippen LogP contribution < -0.4 is 10.1 Å². The van der Waals surface area contributed by atoms with Crippen molar-refractivity contribution in [3.63, 3.8) is 0 Å². The van der Waals surface area contributed by atoms with Gasteiger partial charge in [0.05, 0.1) is 18.5 Å². The van der Waals surface area contributed by atoms with Gasteiger partial charge in [-0.1, -0.05) is 5.21 Å². The summed E-state index contributed by atoms with van der Waals surface area (Å²) in [6.07, 6.45) is 3.47. The number of anilines is 2. The molecule has 0 spiro atoms. The summed E-state index contributed by atoms with van der Waals surface area (Å²) in [5, 5.41) is 15.6. The summed E-state index contributed by atoms with van der Waals surface area (Å²) in [7, 11) is 1.85. The zero-order chi connectivity index (χ0) is 17.2. The Morgan fingerprint density at radius 1 is 1.16 bits per heavy atom. The molecule has 25 heavy (non-hydrogen) atoms. The van der Waals surface area contributed by atoms with Crippen LogP contribution in [0.25, 0.3) is 16.9 Å². The number of benzene rings is 1. The third-order valence-electron chi connectivity index (χ3n) is 3.54. The predicted octanol–water partition coefficient (Wildman–Crippen LogP) is 2.09. The minimum atomic E-state index is 0.431. The van der Waals surface area contributed by atoms with Crippen molar-refractivity contribution in [3.05, 3.63) is 42.7 Å². The van der Waals surface area contributed by atoms with Gasteiger partial charge >= 0.3 is 0 Å². The Balaban J connectivity index is 1.68. The zero-order valence-corrected chi connectivity index (χ0v) is 13.8. The lowest BCUT2D eigenvalue weighted by Crippen LogP contribution is -2.02. The lowest BCUT2D eigenvalue weighted by Gasteiger charge is -2.05. The zero-order valence-electron chi connectivity index (χ0n) is 13.8.